The first kappa shape index (κ1) is 14.1. The zero-order chi connectivity index (χ0) is 14.7. The van der Waals surface area contributed by atoms with Gasteiger partial charge in [0.05, 0.1) is 44.3 Å². The lowest BCUT2D eigenvalue weighted by molar-refractivity contribution is -0.385. The summed E-state index contributed by atoms with van der Waals surface area (Å²) in [7, 11) is -1.53. The third-order valence-electron chi connectivity index (χ3n) is 2.51. The molecule has 1 aromatic heterocycles. The Bertz CT molecular complexity index is 693. The van der Waals surface area contributed by atoms with E-state index < -0.39 is 21.5 Å². The Morgan fingerprint density at radius 1 is 1.40 bits per heavy atom. The zero-order valence-electron chi connectivity index (χ0n) is 10.2. The van der Waals surface area contributed by atoms with Crippen LogP contribution in [-0.4, -0.2) is 14.1 Å². The Hall–Kier alpha value is -2.35. The van der Waals surface area contributed by atoms with E-state index in [9.17, 15) is 18.7 Å². The first-order chi connectivity index (χ1) is 9.47. The van der Waals surface area contributed by atoms with Crippen molar-refractivity contribution in [2.75, 3.05) is 5.73 Å². The highest BCUT2D eigenvalue weighted by atomic mass is 32.2. The van der Waals surface area contributed by atoms with Crippen LogP contribution in [0.25, 0.3) is 0 Å². The van der Waals surface area contributed by atoms with Gasteiger partial charge in [0.25, 0.3) is 5.69 Å². The highest BCUT2D eigenvalue weighted by Crippen LogP contribution is 2.21. The number of rotatable bonds is 4. The molecule has 0 aliphatic rings. The van der Waals surface area contributed by atoms with Gasteiger partial charge in [-0.15, -0.1) is 0 Å². The minimum atomic E-state index is -1.53. The SMILES string of the molecule is Nc1cnccc1S(=O)Cc1cc(F)cc([N+](=O)[O-])c1. The topological polar surface area (TPSA) is 99.1 Å². The number of non-ortho nitro benzene ring substituents is 1. The Kier molecular flexibility index (Phi) is 4.04. The molecule has 2 aromatic rings. The van der Waals surface area contributed by atoms with Gasteiger partial charge in [0.2, 0.25) is 0 Å². The van der Waals surface area contributed by atoms with E-state index in [0.717, 1.165) is 12.1 Å². The molecule has 0 amide bonds. The fourth-order valence-electron chi connectivity index (χ4n) is 1.65. The molecule has 0 saturated heterocycles. The van der Waals surface area contributed by atoms with Crippen LogP contribution >= 0.6 is 0 Å². The molecule has 0 saturated carbocycles. The summed E-state index contributed by atoms with van der Waals surface area (Å²) in [5, 5.41) is 10.7. The molecule has 20 heavy (non-hydrogen) atoms. The van der Waals surface area contributed by atoms with Crippen molar-refractivity contribution in [1.29, 1.82) is 0 Å². The van der Waals surface area contributed by atoms with Crippen LogP contribution in [0.4, 0.5) is 15.8 Å². The van der Waals surface area contributed by atoms with Crippen LogP contribution in [0, 0.1) is 15.9 Å². The number of aromatic nitrogens is 1. The van der Waals surface area contributed by atoms with E-state index in [1.165, 1.54) is 24.5 Å². The standard InChI is InChI=1S/C12H10FN3O3S/c13-9-3-8(4-10(5-9)16(17)18)7-20(19)12-1-2-15-6-11(12)14/h1-6H,7,14H2. The van der Waals surface area contributed by atoms with Gasteiger partial charge in [-0.3, -0.25) is 19.3 Å². The van der Waals surface area contributed by atoms with Crippen LogP contribution in [0.5, 0.6) is 0 Å². The summed E-state index contributed by atoms with van der Waals surface area (Å²) >= 11 is 0. The van der Waals surface area contributed by atoms with E-state index >= 15 is 0 Å². The number of hydrogen-bond acceptors (Lipinski definition) is 5. The molecule has 0 aliphatic heterocycles. The van der Waals surface area contributed by atoms with Crippen molar-refractivity contribution in [3.05, 3.63) is 58.2 Å². The second-order valence-electron chi connectivity index (χ2n) is 3.98. The summed E-state index contributed by atoms with van der Waals surface area (Å²) in [5.74, 6) is -0.804. The molecule has 0 aliphatic carbocycles. The largest absolute Gasteiger partial charge is 0.396 e. The molecular weight excluding hydrogens is 285 g/mol. The molecule has 104 valence electrons. The van der Waals surface area contributed by atoms with Gasteiger partial charge in [-0.2, -0.15) is 0 Å². The maximum Gasteiger partial charge on any atom is 0.272 e. The van der Waals surface area contributed by atoms with Crippen LogP contribution in [0.1, 0.15) is 5.56 Å². The van der Waals surface area contributed by atoms with Gasteiger partial charge in [0.15, 0.2) is 0 Å². The van der Waals surface area contributed by atoms with Gasteiger partial charge in [0, 0.05) is 12.3 Å². The summed E-state index contributed by atoms with van der Waals surface area (Å²) in [6.07, 6.45) is 2.80. The van der Waals surface area contributed by atoms with Gasteiger partial charge >= 0.3 is 0 Å². The Labute approximate surface area is 116 Å². The predicted octanol–water partition coefficient (Wildman–Crippen LogP) is 2.02. The number of nitro groups is 1. The highest BCUT2D eigenvalue weighted by Gasteiger charge is 2.14. The molecule has 8 heteroatoms. The summed E-state index contributed by atoms with van der Waals surface area (Å²) in [6.45, 7) is 0. The van der Waals surface area contributed by atoms with Crippen molar-refractivity contribution >= 4 is 22.2 Å². The van der Waals surface area contributed by atoms with Gasteiger partial charge < -0.3 is 5.73 Å². The fraction of sp³-hybridized carbons (Fsp3) is 0.0833. The molecule has 2 N–H and O–H groups in total. The number of pyridine rings is 1. The molecule has 0 fully saturated rings. The van der Waals surface area contributed by atoms with Crippen molar-refractivity contribution in [3.63, 3.8) is 0 Å². The first-order valence-corrected chi connectivity index (χ1v) is 6.81. The van der Waals surface area contributed by atoms with E-state index in [1.54, 1.807) is 0 Å². The lowest BCUT2D eigenvalue weighted by Gasteiger charge is -2.05. The molecular formula is C12H10FN3O3S. The average molecular weight is 295 g/mol. The third-order valence-corrected chi connectivity index (χ3v) is 3.96. The van der Waals surface area contributed by atoms with E-state index in [4.69, 9.17) is 5.73 Å². The molecule has 0 radical (unpaired) electrons. The normalized spacial score (nSPS) is 12.1. The van der Waals surface area contributed by atoms with Gasteiger partial charge in [-0.25, -0.2) is 4.39 Å². The lowest BCUT2D eigenvalue weighted by atomic mass is 10.2. The quantitative estimate of drug-likeness (QED) is 0.687. The van der Waals surface area contributed by atoms with Gasteiger partial charge in [-0.05, 0) is 17.7 Å². The van der Waals surface area contributed by atoms with Crippen LogP contribution in [0.3, 0.4) is 0 Å². The number of nitrogen functional groups attached to an aromatic ring is 1. The monoisotopic (exact) mass is 295 g/mol. The lowest BCUT2D eigenvalue weighted by Crippen LogP contribution is -2.02. The molecule has 1 aromatic carbocycles. The van der Waals surface area contributed by atoms with Crippen molar-refractivity contribution in [1.82, 2.24) is 4.98 Å². The minimum Gasteiger partial charge on any atom is -0.396 e. The van der Waals surface area contributed by atoms with Crippen molar-refractivity contribution < 1.29 is 13.5 Å². The number of benzene rings is 1. The predicted molar refractivity (Wildman–Crippen MR) is 71.8 cm³/mol. The van der Waals surface area contributed by atoms with E-state index in [0.29, 0.717) is 4.90 Å². The second kappa shape index (κ2) is 5.74. The Balaban J connectivity index is 2.28. The van der Waals surface area contributed by atoms with Crippen molar-refractivity contribution in [2.45, 2.75) is 10.6 Å². The Morgan fingerprint density at radius 2 is 2.15 bits per heavy atom. The minimum absolute atomic E-state index is 0.0627. The molecule has 1 heterocycles. The van der Waals surface area contributed by atoms with Crippen LogP contribution < -0.4 is 5.73 Å². The summed E-state index contributed by atoms with van der Waals surface area (Å²) in [6, 6.07) is 4.62. The number of hydrogen-bond donors (Lipinski definition) is 1. The molecule has 1 atom stereocenters. The molecule has 1 unspecified atom stereocenters. The van der Waals surface area contributed by atoms with Gasteiger partial charge in [-0.1, -0.05) is 0 Å². The third kappa shape index (κ3) is 3.15. The second-order valence-corrected chi connectivity index (χ2v) is 5.40. The summed E-state index contributed by atoms with van der Waals surface area (Å²) in [4.78, 5) is 14.1. The summed E-state index contributed by atoms with van der Waals surface area (Å²) < 4.78 is 25.4. The van der Waals surface area contributed by atoms with Crippen LogP contribution in [0.2, 0.25) is 0 Å². The summed E-state index contributed by atoms with van der Waals surface area (Å²) in [5.41, 5.74) is 5.80. The fourth-order valence-corrected chi connectivity index (χ4v) is 2.81. The zero-order valence-corrected chi connectivity index (χ0v) is 11.0. The average Bonchev–Trinajstić information content (AvgIpc) is 2.38. The first-order valence-electron chi connectivity index (χ1n) is 5.49. The maximum absolute atomic E-state index is 13.3. The number of halogens is 1. The number of nitrogens with two attached hydrogens (primary N) is 1. The number of nitro benzene ring substituents is 1. The number of anilines is 1. The van der Waals surface area contributed by atoms with E-state index in [2.05, 4.69) is 4.98 Å². The van der Waals surface area contributed by atoms with E-state index in [1.807, 2.05) is 0 Å². The van der Waals surface area contributed by atoms with Crippen LogP contribution in [-0.2, 0) is 16.6 Å². The van der Waals surface area contributed by atoms with Crippen LogP contribution in [0.15, 0.2) is 41.6 Å². The molecule has 0 spiro atoms. The molecule has 0 bridgehead atoms. The molecule has 6 nitrogen and oxygen atoms in total. The number of nitrogens with zero attached hydrogens (tertiary/aromatic N) is 2. The van der Waals surface area contributed by atoms with Crippen molar-refractivity contribution in [3.8, 4) is 0 Å². The highest BCUT2D eigenvalue weighted by molar-refractivity contribution is 7.84. The smallest absolute Gasteiger partial charge is 0.272 e. The van der Waals surface area contributed by atoms with Gasteiger partial charge in [0.1, 0.15) is 5.82 Å². The molecule has 2 rings (SSSR count). The van der Waals surface area contributed by atoms with E-state index in [-0.39, 0.29) is 22.7 Å². The Morgan fingerprint density at radius 3 is 2.80 bits per heavy atom. The van der Waals surface area contributed by atoms with Crippen molar-refractivity contribution in [2.24, 2.45) is 0 Å². The maximum atomic E-state index is 13.3.